The fourth-order valence-corrected chi connectivity index (χ4v) is 2.33. The minimum absolute atomic E-state index is 0.0554. The number of rotatable bonds is 7. The topological polar surface area (TPSA) is 58.6 Å². The zero-order chi connectivity index (χ0) is 18.3. The molecule has 1 unspecified atom stereocenters. The van der Waals surface area contributed by atoms with Gasteiger partial charge in [0.25, 0.3) is 5.91 Å². The standard InChI is InChI=1S/C19H30N2O3/c1-7-12-21(13-17(22)20-6)18(23)14(2)24-16-10-8-15(9-11-16)19(3,4)5/h8-11,14H,7,12-13H2,1-6H3,(H,20,22). The molecule has 0 bridgehead atoms. The van der Waals surface area contributed by atoms with Crippen LogP contribution in [0.4, 0.5) is 0 Å². The molecule has 0 radical (unpaired) electrons. The Balaban J connectivity index is 2.75. The van der Waals surface area contributed by atoms with E-state index in [1.54, 1.807) is 14.0 Å². The van der Waals surface area contributed by atoms with Crippen molar-refractivity contribution >= 4 is 11.8 Å². The van der Waals surface area contributed by atoms with Gasteiger partial charge in [0.05, 0.1) is 6.54 Å². The summed E-state index contributed by atoms with van der Waals surface area (Å²) in [6, 6.07) is 7.79. The van der Waals surface area contributed by atoms with Crippen LogP contribution in [0.25, 0.3) is 0 Å². The Morgan fingerprint density at radius 1 is 1.21 bits per heavy atom. The van der Waals surface area contributed by atoms with Crippen molar-refractivity contribution in [1.82, 2.24) is 10.2 Å². The Morgan fingerprint density at radius 3 is 2.25 bits per heavy atom. The van der Waals surface area contributed by atoms with E-state index in [1.165, 1.54) is 10.5 Å². The highest BCUT2D eigenvalue weighted by Crippen LogP contribution is 2.24. The summed E-state index contributed by atoms with van der Waals surface area (Å²) >= 11 is 0. The van der Waals surface area contributed by atoms with E-state index < -0.39 is 6.10 Å². The Labute approximate surface area is 145 Å². The van der Waals surface area contributed by atoms with Crippen molar-refractivity contribution in [3.8, 4) is 5.75 Å². The van der Waals surface area contributed by atoms with Gasteiger partial charge in [-0.15, -0.1) is 0 Å². The van der Waals surface area contributed by atoms with Crippen molar-refractivity contribution in [3.63, 3.8) is 0 Å². The molecular weight excluding hydrogens is 304 g/mol. The van der Waals surface area contributed by atoms with Crippen LogP contribution in [0.15, 0.2) is 24.3 Å². The second kappa shape index (κ2) is 8.71. The summed E-state index contributed by atoms with van der Waals surface area (Å²) < 4.78 is 5.76. The first kappa shape index (κ1) is 20.0. The van der Waals surface area contributed by atoms with E-state index in [-0.39, 0.29) is 23.8 Å². The minimum atomic E-state index is -0.637. The molecule has 0 aliphatic rings. The molecule has 1 N–H and O–H groups in total. The first-order valence-corrected chi connectivity index (χ1v) is 8.45. The summed E-state index contributed by atoms with van der Waals surface area (Å²) in [7, 11) is 1.56. The van der Waals surface area contributed by atoms with Crippen molar-refractivity contribution in [2.45, 2.75) is 52.6 Å². The fourth-order valence-electron chi connectivity index (χ4n) is 2.33. The van der Waals surface area contributed by atoms with Crippen LogP contribution in [0.1, 0.15) is 46.6 Å². The quantitative estimate of drug-likeness (QED) is 0.834. The van der Waals surface area contributed by atoms with E-state index in [9.17, 15) is 9.59 Å². The Kier molecular flexibility index (Phi) is 7.26. The molecule has 1 atom stereocenters. The maximum Gasteiger partial charge on any atom is 0.263 e. The second-order valence-electron chi connectivity index (χ2n) is 6.97. The highest BCUT2D eigenvalue weighted by Gasteiger charge is 2.23. The molecule has 0 saturated carbocycles. The third kappa shape index (κ3) is 5.87. The lowest BCUT2D eigenvalue weighted by Crippen LogP contribution is -2.45. The SMILES string of the molecule is CCCN(CC(=O)NC)C(=O)C(C)Oc1ccc(C(C)(C)C)cc1. The van der Waals surface area contributed by atoms with Crippen LogP contribution in [0.3, 0.4) is 0 Å². The number of hydrogen-bond donors (Lipinski definition) is 1. The number of nitrogens with one attached hydrogen (secondary N) is 1. The fraction of sp³-hybridized carbons (Fsp3) is 0.579. The summed E-state index contributed by atoms with van der Waals surface area (Å²) in [6.07, 6.45) is 0.150. The smallest absolute Gasteiger partial charge is 0.263 e. The predicted octanol–water partition coefficient (Wildman–Crippen LogP) is 2.74. The normalized spacial score (nSPS) is 12.4. The third-order valence-electron chi connectivity index (χ3n) is 3.80. The maximum absolute atomic E-state index is 12.5. The van der Waals surface area contributed by atoms with Gasteiger partial charge in [-0.25, -0.2) is 0 Å². The van der Waals surface area contributed by atoms with Gasteiger partial charge in [-0.05, 0) is 36.5 Å². The van der Waals surface area contributed by atoms with E-state index in [4.69, 9.17) is 4.74 Å². The van der Waals surface area contributed by atoms with Crippen molar-refractivity contribution in [1.29, 1.82) is 0 Å². The van der Waals surface area contributed by atoms with Crippen LogP contribution >= 0.6 is 0 Å². The number of likely N-dealkylation sites (N-methyl/N-ethyl adjacent to an activating group) is 1. The van der Waals surface area contributed by atoms with Gasteiger partial charge in [0.1, 0.15) is 5.75 Å². The van der Waals surface area contributed by atoms with Crippen LogP contribution in [-0.4, -0.2) is 43.0 Å². The summed E-state index contributed by atoms with van der Waals surface area (Å²) in [4.78, 5) is 25.6. The van der Waals surface area contributed by atoms with Gasteiger partial charge in [0, 0.05) is 13.6 Å². The Hall–Kier alpha value is -2.04. The molecule has 1 rings (SSSR count). The molecule has 2 amide bonds. The summed E-state index contributed by atoms with van der Waals surface area (Å²) in [5.41, 5.74) is 1.28. The molecule has 0 aliphatic carbocycles. The zero-order valence-electron chi connectivity index (χ0n) is 15.7. The number of nitrogens with zero attached hydrogens (tertiary/aromatic N) is 1. The van der Waals surface area contributed by atoms with Crippen LogP contribution in [-0.2, 0) is 15.0 Å². The van der Waals surface area contributed by atoms with Crippen LogP contribution in [0.5, 0.6) is 5.75 Å². The lowest BCUT2D eigenvalue weighted by molar-refractivity contribution is -0.141. The van der Waals surface area contributed by atoms with Crippen molar-refractivity contribution in [2.24, 2.45) is 0 Å². The molecule has 24 heavy (non-hydrogen) atoms. The van der Waals surface area contributed by atoms with Gasteiger partial charge >= 0.3 is 0 Å². The Bertz CT molecular complexity index is 547. The zero-order valence-corrected chi connectivity index (χ0v) is 15.7. The second-order valence-corrected chi connectivity index (χ2v) is 6.97. The lowest BCUT2D eigenvalue weighted by Gasteiger charge is -2.25. The number of amides is 2. The van der Waals surface area contributed by atoms with E-state index in [2.05, 4.69) is 26.1 Å². The lowest BCUT2D eigenvalue weighted by atomic mass is 9.87. The number of carbonyl (C=O) groups excluding carboxylic acids is 2. The van der Waals surface area contributed by atoms with Crippen molar-refractivity contribution in [3.05, 3.63) is 29.8 Å². The predicted molar refractivity (Wildman–Crippen MR) is 96.2 cm³/mol. The summed E-state index contributed by atoms with van der Waals surface area (Å²) in [6.45, 7) is 10.7. The molecule has 0 aliphatic heterocycles. The first-order chi connectivity index (χ1) is 11.2. The van der Waals surface area contributed by atoms with Crippen LogP contribution in [0, 0.1) is 0 Å². The molecule has 0 saturated heterocycles. The Morgan fingerprint density at radius 2 is 1.79 bits per heavy atom. The molecule has 1 aromatic rings. The average molecular weight is 334 g/mol. The average Bonchev–Trinajstić information content (AvgIpc) is 2.53. The van der Waals surface area contributed by atoms with Crippen molar-refractivity contribution < 1.29 is 14.3 Å². The third-order valence-corrected chi connectivity index (χ3v) is 3.80. The maximum atomic E-state index is 12.5. The summed E-state index contributed by atoms with van der Waals surface area (Å²) in [5.74, 6) is 0.291. The minimum Gasteiger partial charge on any atom is -0.481 e. The van der Waals surface area contributed by atoms with E-state index in [0.29, 0.717) is 12.3 Å². The molecule has 5 nitrogen and oxygen atoms in total. The summed E-state index contributed by atoms with van der Waals surface area (Å²) in [5, 5.41) is 2.54. The largest absolute Gasteiger partial charge is 0.481 e. The number of hydrogen-bond acceptors (Lipinski definition) is 3. The van der Waals surface area contributed by atoms with Gasteiger partial charge in [-0.1, -0.05) is 39.8 Å². The molecule has 5 heteroatoms. The highest BCUT2D eigenvalue weighted by atomic mass is 16.5. The number of ether oxygens (including phenoxy) is 1. The van der Waals surface area contributed by atoms with Gasteiger partial charge in [-0.2, -0.15) is 0 Å². The van der Waals surface area contributed by atoms with Crippen LogP contribution in [0.2, 0.25) is 0 Å². The molecule has 0 heterocycles. The first-order valence-electron chi connectivity index (χ1n) is 8.45. The van der Waals surface area contributed by atoms with E-state index in [1.807, 2.05) is 31.2 Å². The van der Waals surface area contributed by atoms with Gasteiger partial charge in [-0.3, -0.25) is 9.59 Å². The molecule has 0 spiro atoms. The van der Waals surface area contributed by atoms with E-state index >= 15 is 0 Å². The van der Waals surface area contributed by atoms with Crippen LogP contribution < -0.4 is 10.1 Å². The van der Waals surface area contributed by atoms with Crippen molar-refractivity contribution in [2.75, 3.05) is 20.1 Å². The van der Waals surface area contributed by atoms with E-state index in [0.717, 1.165) is 6.42 Å². The molecular formula is C19H30N2O3. The monoisotopic (exact) mass is 334 g/mol. The number of carbonyl (C=O) groups is 2. The molecule has 134 valence electrons. The van der Waals surface area contributed by atoms with Gasteiger partial charge in [0.2, 0.25) is 5.91 Å². The molecule has 1 aromatic carbocycles. The number of benzene rings is 1. The molecule has 0 aromatic heterocycles. The van der Waals surface area contributed by atoms with Gasteiger partial charge in [0.15, 0.2) is 6.10 Å². The highest BCUT2D eigenvalue weighted by molar-refractivity contribution is 5.86. The molecule has 0 fully saturated rings. The van der Waals surface area contributed by atoms with Gasteiger partial charge < -0.3 is 15.0 Å².